The summed E-state index contributed by atoms with van der Waals surface area (Å²) in [7, 11) is 0. The predicted molar refractivity (Wildman–Crippen MR) is 120 cm³/mol. The molecule has 1 amide bonds. The lowest BCUT2D eigenvalue weighted by Crippen LogP contribution is -2.35. The van der Waals surface area contributed by atoms with Crippen LogP contribution in [0.15, 0.2) is 80.6 Å². The summed E-state index contributed by atoms with van der Waals surface area (Å²) in [6.07, 6.45) is 1.56. The van der Waals surface area contributed by atoms with Gasteiger partial charge >= 0.3 is 0 Å². The van der Waals surface area contributed by atoms with Gasteiger partial charge < -0.3 is 14.5 Å². The van der Waals surface area contributed by atoms with Crippen LogP contribution in [0.25, 0.3) is 22.7 Å². The van der Waals surface area contributed by atoms with E-state index in [-0.39, 0.29) is 31.2 Å². The van der Waals surface area contributed by atoms with Crippen LogP contribution in [0.3, 0.4) is 0 Å². The Labute approximate surface area is 191 Å². The minimum absolute atomic E-state index is 0.194. The number of carbonyl (C=O) groups excluding carboxylic acids is 1. The van der Waals surface area contributed by atoms with E-state index in [9.17, 15) is 9.59 Å². The van der Waals surface area contributed by atoms with E-state index in [0.717, 1.165) is 14.7 Å². The van der Waals surface area contributed by atoms with Gasteiger partial charge in [0.15, 0.2) is 5.76 Å². The predicted octanol–water partition coefficient (Wildman–Crippen LogP) is 2.92. The van der Waals surface area contributed by atoms with Crippen molar-refractivity contribution >= 4 is 21.8 Å². The molecule has 4 aromatic rings. The molecule has 10 heteroatoms. The molecule has 9 nitrogen and oxygen atoms in total. The van der Waals surface area contributed by atoms with Gasteiger partial charge in [-0.1, -0.05) is 28.1 Å². The van der Waals surface area contributed by atoms with Crippen molar-refractivity contribution in [1.82, 2.24) is 25.3 Å². The van der Waals surface area contributed by atoms with E-state index in [1.807, 2.05) is 24.3 Å². The average molecular weight is 496 g/mol. The quantitative estimate of drug-likeness (QED) is 0.374. The SMILES string of the molecule is O=C(Cn1nc(-c2ccc(Br)cc2)ccc1=O)NCCOc1ccc(-c2ccco2)nn1. The Bertz CT molecular complexity index is 1240. The minimum atomic E-state index is -0.357. The van der Waals surface area contributed by atoms with Gasteiger partial charge in [-0.25, -0.2) is 4.68 Å². The van der Waals surface area contributed by atoms with Crippen molar-refractivity contribution in [1.29, 1.82) is 0 Å². The summed E-state index contributed by atoms with van der Waals surface area (Å²) in [4.78, 5) is 24.3. The second-order valence-corrected chi connectivity index (χ2v) is 7.57. The van der Waals surface area contributed by atoms with E-state index >= 15 is 0 Å². The molecule has 0 atom stereocenters. The van der Waals surface area contributed by atoms with Gasteiger partial charge in [0.2, 0.25) is 11.8 Å². The topological polar surface area (TPSA) is 112 Å². The molecule has 1 aromatic carbocycles. The monoisotopic (exact) mass is 495 g/mol. The Hall–Kier alpha value is -3.79. The number of ether oxygens (including phenoxy) is 1. The van der Waals surface area contributed by atoms with Gasteiger partial charge in [-0.3, -0.25) is 9.59 Å². The molecule has 32 heavy (non-hydrogen) atoms. The number of nitrogens with one attached hydrogen (secondary N) is 1. The molecule has 0 spiro atoms. The van der Waals surface area contributed by atoms with Crippen LogP contribution in [-0.2, 0) is 11.3 Å². The molecule has 0 fully saturated rings. The highest BCUT2D eigenvalue weighted by Crippen LogP contribution is 2.19. The standard InChI is InChI=1S/C22H18BrN5O4/c23-16-5-3-15(4-6-16)17-8-10-22(30)28(27-17)14-20(29)24-11-13-32-21-9-7-18(25-26-21)19-2-1-12-31-19/h1-10,12H,11,13-14H2,(H,24,29). The Morgan fingerprint density at radius 2 is 1.84 bits per heavy atom. The third-order valence-electron chi connectivity index (χ3n) is 4.39. The molecule has 162 valence electrons. The van der Waals surface area contributed by atoms with E-state index in [1.165, 1.54) is 6.07 Å². The van der Waals surface area contributed by atoms with Crippen LogP contribution >= 0.6 is 15.9 Å². The molecule has 0 aliphatic rings. The van der Waals surface area contributed by atoms with Crippen LogP contribution in [0.1, 0.15) is 0 Å². The van der Waals surface area contributed by atoms with Gasteiger partial charge in [0.25, 0.3) is 5.56 Å². The first-order chi connectivity index (χ1) is 15.6. The van der Waals surface area contributed by atoms with Crippen LogP contribution < -0.4 is 15.6 Å². The van der Waals surface area contributed by atoms with Gasteiger partial charge in [-0.15, -0.1) is 10.2 Å². The van der Waals surface area contributed by atoms with E-state index in [0.29, 0.717) is 23.0 Å². The third kappa shape index (κ3) is 5.46. The van der Waals surface area contributed by atoms with E-state index < -0.39 is 0 Å². The molecule has 4 rings (SSSR count). The van der Waals surface area contributed by atoms with E-state index in [4.69, 9.17) is 9.15 Å². The first kappa shape index (κ1) is 21.4. The Kier molecular flexibility index (Phi) is 6.71. The van der Waals surface area contributed by atoms with Gasteiger partial charge in [0.1, 0.15) is 18.8 Å². The number of carbonyl (C=O) groups is 1. The number of rotatable bonds is 8. The van der Waals surface area contributed by atoms with E-state index in [1.54, 1.807) is 36.6 Å². The van der Waals surface area contributed by atoms with Crippen molar-refractivity contribution in [3.63, 3.8) is 0 Å². The fourth-order valence-corrected chi connectivity index (χ4v) is 3.09. The lowest BCUT2D eigenvalue weighted by atomic mass is 10.1. The summed E-state index contributed by atoms with van der Waals surface area (Å²) < 4.78 is 12.8. The van der Waals surface area contributed by atoms with Crippen molar-refractivity contribution in [3.8, 4) is 28.6 Å². The number of halogens is 1. The van der Waals surface area contributed by atoms with Crippen LogP contribution in [0, 0.1) is 0 Å². The summed E-state index contributed by atoms with van der Waals surface area (Å²) in [5, 5.41) is 15.0. The third-order valence-corrected chi connectivity index (χ3v) is 4.92. The van der Waals surface area contributed by atoms with Gasteiger partial charge in [-0.2, -0.15) is 5.10 Å². The van der Waals surface area contributed by atoms with Crippen molar-refractivity contribution < 1.29 is 13.9 Å². The van der Waals surface area contributed by atoms with Crippen LogP contribution in [0.2, 0.25) is 0 Å². The zero-order valence-corrected chi connectivity index (χ0v) is 18.4. The Morgan fingerprint density at radius 1 is 1.03 bits per heavy atom. The summed E-state index contributed by atoms with van der Waals surface area (Å²) >= 11 is 3.38. The molecule has 1 N–H and O–H groups in total. The molecule has 3 aromatic heterocycles. The molecular weight excluding hydrogens is 478 g/mol. The highest BCUT2D eigenvalue weighted by Gasteiger charge is 2.09. The maximum absolute atomic E-state index is 12.2. The number of nitrogens with zero attached hydrogens (tertiary/aromatic N) is 4. The molecule has 0 unspecified atom stereocenters. The summed E-state index contributed by atoms with van der Waals surface area (Å²) in [5.74, 6) is 0.592. The fourth-order valence-electron chi connectivity index (χ4n) is 2.83. The highest BCUT2D eigenvalue weighted by molar-refractivity contribution is 9.10. The maximum Gasteiger partial charge on any atom is 0.267 e. The molecule has 0 saturated heterocycles. The minimum Gasteiger partial charge on any atom is -0.475 e. The van der Waals surface area contributed by atoms with Crippen LogP contribution in [0.5, 0.6) is 5.88 Å². The van der Waals surface area contributed by atoms with Crippen molar-refractivity contribution in [2.75, 3.05) is 13.2 Å². The summed E-state index contributed by atoms with van der Waals surface area (Å²) in [6.45, 7) is 0.240. The molecule has 0 aliphatic heterocycles. The summed E-state index contributed by atoms with van der Waals surface area (Å²) in [5.41, 5.74) is 1.68. The molecule has 0 saturated carbocycles. The number of hydrogen-bond donors (Lipinski definition) is 1. The van der Waals surface area contributed by atoms with Crippen LogP contribution in [0.4, 0.5) is 0 Å². The van der Waals surface area contributed by atoms with Gasteiger partial charge in [0.05, 0.1) is 18.5 Å². The largest absolute Gasteiger partial charge is 0.475 e. The maximum atomic E-state index is 12.2. The average Bonchev–Trinajstić information content (AvgIpc) is 3.34. The lowest BCUT2D eigenvalue weighted by molar-refractivity contribution is -0.122. The number of furan rings is 1. The molecule has 0 radical (unpaired) electrons. The molecule has 0 aliphatic carbocycles. The van der Waals surface area contributed by atoms with Gasteiger partial charge in [0, 0.05) is 22.2 Å². The second kappa shape index (κ2) is 10.0. The smallest absolute Gasteiger partial charge is 0.267 e. The van der Waals surface area contributed by atoms with E-state index in [2.05, 4.69) is 36.5 Å². The van der Waals surface area contributed by atoms with Crippen molar-refractivity contribution in [3.05, 3.63) is 81.8 Å². The summed E-state index contributed by atoms with van der Waals surface area (Å²) in [6, 6.07) is 17.5. The second-order valence-electron chi connectivity index (χ2n) is 6.65. The number of benzene rings is 1. The number of aromatic nitrogens is 4. The van der Waals surface area contributed by atoms with Crippen LogP contribution in [-0.4, -0.2) is 39.0 Å². The Balaban J connectivity index is 1.27. The zero-order valence-electron chi connectivity index (χ0n) is 16.8. The molecule has 0 bridgehead atoms. The Morgan fingerprint density at radius 3 is 2.56 bits per heavy atom. The molecule has 3 heterocycles. The number of hydrogen-bond acceptors (Lipinski definition) is 7. The van der Waals surface area contributed by atoms with Crippen molar-refractivity contribution in [2.45, 2.75) is 6.54 Å². The lowest BCUT2D eigenvalue weighted by Gasteiger charge is -2.09. The zero-order chi connectivity index (χ0) is 22.3. The fraction of sp³-hybridized carbons (Fsp3) is 0.136. The molecular formula is C22H18BrN5O4. The normalized spacial score (nSPS) is 10.7. The first-order valence-electron chi connectivity index (χ1n) is 9.70. The van der Waals surface area contributed by atoms with Crippen molar-refractivity contribution in [2.24, 2.45) is 0 Å². The first-order valence-corrected chi connectivity index (χ1v) is 10.5. The number of amides is 1. The highest BCUT2D eigenvalue weighted by atomic mass is 79.9. The van der Waals surface area contributed by atoms with Gasteiger partial charge in [-0.05, 0) is 36.4 Å².